The predicted molar refractivity (Wildman–Crippen MR) is 118 cm³/mol. The van der Waals surface area contributed by atoms with Crippen molar-refractivity contribution >= 4 is 35.0 Å². The Hall–Kier alpha value is -3.14. The van der Waals surface area contributed by atoms with Crippen LogP contribution in [0.4, 0.5) is 5.69 Å². The molecule has 4 rings (SSSR count). The minimum Gasteiger partial charge on any atom is -0.477 e. The average Bonchev–Trinajstić information content (AvgIpc) is 3.20. The molecule has 1 aliphatic heterocycles. The lowest BCUT2D eigenvalue weighted by Crippen LogP contribution is -2.50. The third kappa shape index (κ3) is 3.95. The highest BCUT2D eigenvalue weighted by Crippen LogP contribution is 2.33. The number of amides is 2. The van der Waals surface area contributed by atoms with Gasteiger partial charge in [-0.3, -0.25) is 9.59 Å². The van der Waals surface area contributed by atoms with Crippen LogP contribution in [0.2, 0.25) is 0 Å². The maximum absolute atomic E-state index is 13.2. The maximum atomic E-state index is 13.2. The van der Waals surface area contributed by atoms with Gasteiger partial charge in [-0.15, -0.1) is 5.10 Å². The Morgan fingerprint density at radius 2 is 2.03 bits per heavy atom. The fraction of sp³-hybridized carbons (Fsp3) is 0.381. The summed E-state index contributed by atoms with van der Waals surface area (Å²) in [4.78, 5) is 36.0. The molecule has 0 aliphatic carbocycles. The molecule has 0 radical (unpaired) electrons. The second kappa shape index (κ2) is 8.54. The lowest BCUT2D eigenvalue weighted by atomic mass is 10.1. The van der Waals surface area contributed by atoms with Gasteiger partial charge in [0.15, 0.2) is 6.10 Å². The molecule has 1 atom stereocenters. The number of benzene rings is 1. The van der Waals surface area contributed by atoms with Crippen LogP contribution in [-0.2, 0) is 16.0 Å². The van der Waals surface area contributed by atoms with Crippen molar-refractivity contribution < 1.29 is 14.3 Å². The molecule has 0 saturated carbocycles. The first-order valence-corrected chi connectivity index (χ1v) is 11.2. The number of para-hydroxylation sites is 2. The van der Waals surface area contributed by atoms with Crippen LogP contribution in [0.3, 0.4) is 0 Å². The number of nitrogens with zero attached hydrogens (tertiary/aromatic N) is 5. The van der Waals surface area contributed by atoms with Gasteiger partial charge in [0.2, 0.25) is 11.1 Å². The number of thioether (sulfide) groups is 1. The Kier molecular flexibility index (Phi) is 5.81. The summed E-state index contributed by atoms with van der Waals surface area (Å²) in [6.07, 6.45) is 1.96. The first-order chi connectivity index (χ1) is 14.9. The van der Waals surface area contributed by atoms with Crippen molar-refractivity contribution in [2.24, 2.45) is 0 Å². The summed E-state index contributed by atoms with van der Waals surface area (Å²) < 4.78 is 7.52. The lowest BCUT2D eigenvalue weighted by molar-refractivity contribution is -0.127. The molecule has 1 aliphatic rings. The predicted octanol–water partition coefficient (Wildman–Crippen LogP) is 1.94. The summed E-state index contributed by atoms with van der Waals surface area (Å²) in [7, 11) is 1.56. The van der Waals surface area contributed by atoms with Crippen molar-refractivity contribution in [1.82, 2.24) is 24.9 Å². The van der Waals surface area contributed by atoms with Crippen LogP contribution in [-0.4, -0.2) is 57.3 Å². The van der Waals surface area contributed by atoms with E-state index in [1.54, 1.807) is 22.5 Å². The largest absolute Gasteiger partial charge is 0.477 e. The van der Waals surface area contributed by atoms with Gasteiger partial charge in [0, 0.05) is 24.9 Å². The molecule has 2 amide bonds. The molecule has 0 fully saturated rings. The van der Waals surface area contributed by atoms with E-state index in [1.807, 2.05) is 38.3 Å². The summed E-state index contributed by atoms with van der Waals surface area (Å²) >= 11 is 1.46. The van der Waals surface area contributed by atoms with Crippen LogP contribution in [0.15, 0.2) is 29.4 Å². The van der Waals surface area contributed by atoms with Gasteiger partial charge < -0.3 is 15.0 Å². The monoisotopic (exact) mass is 440 g/mol. The molecule has 0 unspecified atom stereocenters. The minimum absolute atomic E-state index is 0.0769. The number of hydrogen-bond donors (Lipinski definition) is 1. The van der Waals surface area contributed by atoms with Crippen LogP contribution >= 0.6 is 11.8 Å². The quantitative estimate of drug-likeness (QED) is 0.605. The van der Waals surface area contributed by atoms with E-state index < -0.39 is 6.10 Å². The van der Waals surface area contributed by atoms with E-state index in [0.29, 0.717) is 28.8 Å². The van der Waals surface area contributed by atoms with Crippen molar-refractivity contribution in [2.75, 3.05) is 24.7 Å². The number of ether oxygens (including phenoxy) is 1. The van der Waals surface area contributed by atoms with Gasteiger partial charge in [0.1, 0.15) is 5.75 Å². The molecule has 31 heavy (non-hydrogen) atoms. The smallest absolute Gasteiger partial charge is 0.262 e. The number of rotatable bonds is 5. The van der Waals surface area contributed by atoms with Crippen LogP contribution in [0, 0.1) is 13.8 Å². The fourth-order valence-corrected chi connectivity index (χ4v) is 4.11. The third-order valence-electron chi connectivity index (χ3n) is 5.41. The maximum Gasteiger partial charge on any atom is 0.262 e. The number of carbonyl (C=O) groups is 2. The number of fused-ring (bicyclic) bond motifs is 2. The summed E-state index contributed by atoms with van der Waals surface area (Å²) in [5.41, 5.74) is 3.41. The van der Waals surface area contributed by atoms with Crippen molar-refractivity contribution in [2.45, 2.75) is 37.9 Å². The summed E-state index contributed by atoms with van der Waals surface area (Å²) in [6, 6.07) is 7.27. The van der Waals surface area contributed by atoms with Crippen molar-refractivity contribution in [3.8, 4) is 5.75 Å². The molecule has 10 heteroatoms. The molecule has 162 valence electrons. The molecule has 1 N–H and O–H groups in total. The van der Waals surface area contributed by atoms with Gasteiger partial charge in [-0.2, -0.15) is 4.98 Å². The Bertz CT molecular complexity index is 1160. The number of hydrogen-bond acceptors (Lipinski definition) is 7. The Labute approximate surface area is 184 Å². The number of likely N-dealkylation sites (N-methyl/N-ethyl adjacent to an activating group) is 1. The number of carbonyl (C=O) groups excluding carboxylic acids is 2. The normalized spacial score (nSPS) is 15.5. The van der Waals surface area contributed by atoms with Gasteiger partial charge in [0.25, 0.3) is 11.7 Å². The average molecular weight is 441 g/mol. The first kappa shape index (κ1) is 21.1. The minimum atomic E-state index is -0.745. The van der Waals surface area contributed by atoms with Crippen LogP contribution in [0.5, 0.6) is 5.75 Å². The van der Waals surface area contributed by atoms with Crippen molar-refractivity contribution in [1.29, 1.82) is 0 Å². The highest BCUT2D eigenvalue weighted by molar-refractivity contribution is 7.98. The molecule has 0 bridgehead atoms. The van der Waals surface area contributed by atoms with E-state index in [-0.39, 0.29) is 24.8 Å². The Morgan fingerprint density at radius 1 is 1.26 bits per heavy atom. The zero-order chi connectivity index (χ0) is 22.1. The summed E-state index contributed by atoms with van der Waals surface area (Å²) in [5, 5.41) is 7.72. The topological polar surface area (TPSA) is 102 Å². The standard InChI is InChI=1S/C21H24N6O3S/c1-12-14(13(2)27-20(23-12)24-21(25-27)31-4)9-10-18(28)26-11-17(19(29)22-3)30-16-8-6-5-7-15(16)26/h5-8,17H,9-11H2,1-4H3,(H,22,29)/t17-/m1/s1. The molecule has 0 saturated heterocycles. The van der Waals surface area contributed by atoms with Gasteiger partial charge in [-0.25, -0.2) is 9.50 Å². The molecule has 3 aromatic rings. The third-order valence-corrected chi connectivity index (χ3v) is 5.95. The van der Waals surface area contributed by atoms with Crippen LogP contribution in [0.1, 0.15) is 23.4 Å². The SMILES string of the molecule is CNC(=O)[C@H]1CN(C(=O)CCc2c(C)nc3nc(SC)nn3c2C)c2ccccc2O1. The molecule has 9 nitrogen and oxygen atoms in total. The van der Waals surface area contributed by atoms with E-state index in [4.69, 9.17) is 4.74 Å². The van der Waals surface area contributed by atoms with Gasteiger partial charge in [-0.1, -0.05) is 23.9 Å². The van der Waals surface area contributed by atoms with Gasteiger partial charge in [0.05, 0.1) is 12.2 Å². The molecule has 0 spiro atoms. The Morgan fingerprint density at radius 3 is 2.77 bits per heavy atom. The van der Waals surface area contributed by atoms with E-state index in [9.17, 15) is 9.59 Å². The number of nitrogens with one attached hydrogen (secondary N) is 1. The fourth-order valence-electron chi connectivity index (χ4n) is 3.77. The zero-order valence-corrected chi connectivity index (χ0v) is 18.7. The van der Waals surface area contributed by atoms with Gasteiger partial charge >= 0.3 is 0 Å². The van der Waals surface area contributed by atoms with Crippen molar-refractivity contribution in [3.05, 3.63) is 41.2 Å². The number of aryl methyl sites for hydroxylation is 2. The zero-order valence-electron chi connectivity index (χ0n) is 17.9. The number of aromatic nitrogens is 4. The second-order valence-electron chi connectivity index (χ2n) is 7.26. The second-order valence-corrected chi connectivity index (χ2v) is 8.04. The highest BCUT2D eigenvalue weighted by atomic mass is 32.2. The molecule has 2 aromatic heterocycles. The van der Waals surface area contributed by atoms with Crippen LogP contribution < -0.4 is 15.0 Å². The van der Waals surface area contributed by atoms with E-state index >= 15 is 0 Å². The van der Waals surface area contributed by atoms with E-state index in [0.717, 1.165) is 17.0 Å². The van der Waals surface area contributed by atoms with Crippen LogP contribution in [0.25, 0.3) is 5.78 Å². The van der Waals surface area contributed by atoms with E-state index in [1.165, 1.54) is 11.8 Å². The molecule has 3 heterocycles. The number of anilines is 1. The Balaban J connectivity index is 1.58. The lowest BCUT2D eigenvalue weighted by Gasteiger charge is -2.34. The molecule has 1 aromatic carbocycles. The summed E-state index contributed by atoms with van der Waals surface area (Å²) in [6.45, 7) is 4.06. The first-order valence-electron chi connectivity index (χ1n) is 9.97. The molecular formula is C21H24N6O3S. The van der Waals surface area contributed by atoms with E-state index in [2.05, 4.69) is 20.4 Å². The van der Waals surface area contributed by atoms with Gasteiger partial charge in [-0.05, 0) is 44.2 Å². The molecular weight excluding hydrogens is 416 g/mol. The highest BCUT2D eigenvalue weighted by Gasteiger charge is 2.33. The van der Waals surface area contributed by atoms with Crippen molar-refractivity contribution in [3.63, 3.8) is 0 Å². The summed E-state index contributed by atoms with van der Waals surface area (Å²) in [5.74, 6) is 0.750.